The van der Waals surface area contributed by atoms with Gasteiger partial charge in [0.1, 0.15) is 12.5 Å². The molecular weight excluding hydrogens is 427 g/mol. The Morgan fingerprint density at radius 3 is 2.60 bits per heavy atom. The molecule has 0 aliphatic carbocycles. The van der Waals surface area contributed by atoms with Crippen molar-refractivity contribution in [3.05, 3.63) is 58.1 Å². The second kappa shape index (κ2) is 9.88. The summed E-state index contributed by atoms with van der Waals surface area (Å²) in [6, 6.07) is 12.3. The van der Waals surface area contributed by atoms with Gasteiger partial charge in [0.05, 0.1) is 10.7 Å². The van der Waals surface area contributed by atoms with Crippen molar-refractivity contribution in [2.75, 3.05) is 25.4 Å². The predicted molar refractivity (Wildman–Crippen MR) is 118 cm³/mol. The molecule has 6 nitrogen and oxygen atoms in total. The average molecular weight is 453 g/mol. The lowest BCUT2D eigenvalue weighted by molar-refractivity contribution is -0.222. The number of nitrogen functional groups attached to an aromatic ring is 1. The van der Waals surface area contributed by atoms with Gasteiger partial charge in [-0.2, -0.15) is 4.89 Å². The molecular formula is C22H26Cl2N2O4. The van der Waals surface area contributed by atoms with Crippen LogP contribution in [0.2, 0.25) is 5.02 Å². The van der Waals surface area contributed by atoms with Crippen LogP contribution in [0.25, 0.3) is 0 Å². The first-order valence-electron chi connectivity index (χ1n) is 9.92. The summed E-state index contributed by atoms with van der Waals surface area (Å²) in [5, 5.41) is 10.0. The second-order valence-corrected chi connectivity index (χ2v) is 8.25. The molecule has 1 saturated heterocycles. The molecule has 8 heteroatoms. The first-order chi connectivity index (χ1) is 14.0. The zero-order valence-electron chi connectivity index (χ0n) is 16.6. The molecule has 2 aromatic carbocycles. The molecule has 30 heavy (non-hydrogen) atoms. The van der Waals surface area contributed by atoms with E-state index in [0.717, 1.165) is 44.5 Å². The number of halogens is 2. The highest BCUT2D eigenvalue weighted by Gasteiger charge is 2.35. The lowest BCUT2D eigenvalue weighted by atomic mass is 9.84. The van der Waals surface area contributed by atoms with Gasteiger partial charge in [-0.15, -0.1) is 12.4 Å². The van der Waals surface area contributed by atoms with Crippen molar-refractivity contribution in [3.8, 4) is 5.75 Å². The number of nitrogens with zero attached hydrogens (tertiary/aromatic N) is 1. The third-order valence-corrected chi connectivity index (χ3v) is 6.19. The molecule has 0 spiro atoms. The van der Waals surface area contributed by atoms with E-state index in [4.69, 9.17) is 27.1 Å². The van der Waals surface area contributed by atoms with Crippen LogP contribution in [0.4, 0.5) is 5.69 Å². The number of piperidine rings is 1. The molecule has 3 N–H and O–H groups in total. The summed E-state index contributed by atoms with van der Waals surface area (Å²) in [5.41, 5.74) is 9.09. The van der Waals surface area contributed by atoms with Gasteiger partial charge in [-0.25, -0.2) is 0 Å². The van der Waals surface area contributed by atoms with Crippen LogP contribution in [0, 0.1) is 5.92 Å². The molecule has 1 fully saturated rings. The Hall–Kier alpha value is -1.99. The van der Waals surface area contributed by atoms with Gasteiger partial charge in [0, 0.05) is 12.1 Å². The summed E-state index contributed by atoms with van der Waals surface area (Å²) in [5.74, 6) is -1.03. The van der Waals surface area contributed by atoms with Crippen molar-refractivity contribution < 1.29 is 19.7 Å². The molecule has 2 aliphatic heterocycles. The van der Waals surface area contributed by atoms with Crippen molar-refractivity contribution in [2.45, 2.75) is 31.7 Å². The van der Waals surface area contributed by atoms with Crippen LogP contribution in [-0.4, -0.2) is 35.7 Å². The van der Waals surface area contributed by atoms with Gasteiger partial charge in [0.15, 0.2) is 5.75 Å². The van der Waals surface area contributed by atoms with Crippen molar-refractivity contribution in [3.63, 3.8) is 0 Å². The molecule has 1 atom stereocenters. The molecule has 4 rings (SSSR count). The molecule has 0 amide bonds. The van der Waals surface area contributed by atoms with E-state index in [1.807, 2.05) is 6.07 Å². The highest BCUT2D eigenvalue weighted by molar-refractivity contribution is 6.33. The summed E-state index contributed by atoms with van der Waals surface area (Å²) in [4.78, 5) is 24.5. The van der Waals surface area contributed by atoms with E-state index in [-0.39, 0.29) is 30.5 Å². The van der Waals surface area contributed by atoms with Crippen LogP contribution in [0.1, 0.15) is 35.4 Å². The zero-order valence-corrected chi connectivity index (χ0v) is 18.1. The van der Waals surface area contributed by atoms with Crippen LogP contribution in [0.5, 0.6) is 5.75 Å². The predicted octanol–water partition coefficient (Wildman–Crippen LogP) is 4.29. The minimum atomic E-state index is -0.949. The molecule has 2 aliphatic rings. The van der Waals surface area contributed by atoms with Crippen molar-refractivity contribution >= 4 is 35.7 Å². The second-order valence-electron chi connectivity index (χ2n) is 7.84. The largest absolute Gasteiger partial charge is 0.481 e. The molecule has 1 unspecified atom stereocenters. The maximum atomic E-state index is 11.8. The van der Waals surface area contributed by atoms with E-state index in [2.05, 4.69) is 29.2 Å². The number of nitrogens with two attached hydrogens (primary N) is 1. The van der Waals surface area contributed by atoms with Crippen LogP contribution in [0.15, 0.2) is 36.4 Å². The van der Waals surface area contributed by atoms with Crippen LogP contribution >= 0.6 is 24.0 Å². The molecule has 2 heterocycles. The summed E-state index contributed by atoms with van der Waals surface area (Å²) in [6.45, 7) is 2.97. The number of rotatable bonds is 5. The Balaban J connectivity index is 0.00000256. The Labute approximate surface area is 187 Å². The highest BCUT2D eigenvalue weighted by atomic mass is 35.5. The Morgan fingerprint density at radius 1 is 1.23 bits per heavy atom. The van der Waals surface area contributed by atoms with Gasteiger partial charge in [-0.05, 0) is 55.5 Å². The number of benzene rings is 2. The number of likely N-dealkylation sites (tertiary alicyclic amines) is 1. The molecule has 0 saturated carbocycles. The van der Waals surface area contributed by atoms with E-state index < -0.39 is 11.9 Å². The Kier molecular flexibility index (Phi) is 7.47. The fourth-order valence-corrected chi connectivity index (χ4v) is 4.51. The number of anilines is 1. The number of carboxylic acids is 1. The Morgan fingerprint density at radius 2 is 1.93 bits per heavy atom. The topological polar surface area (TPSA) is 85.0 Å². The molecule has 2 aromatic rings. The van der Waals surface area contributed by atoms with Crippen LogP contribution < -0.4 is 10.6 Å². The molecule has 162 valence electrons. The SMILES string of the molecule is Cl.Nc1c(Cl)cc(CC2CCN(Cc3ccccc3)CC2)c2c1OOCC2C(=O)O. The quantitative estimate of drug-likeness (QED) is 0.519. The van der Waals surface area contributed by atoms with Crippen LogP contribution in [0.3, 0.4) is 0 Å². The summed E-state index contributed by atoms with van der Waals surface area (Å²) in [7, 11) is 0. The number of carbonyl (C=O) groups is 1. The van der Waals surface area contributed by atoms with E-state index in [1.165, 1.54) is 5.56 Å². The van der Waals surface area contributed by atoms with Crippen molar-refractivity contribution in [2.24, 2.45) is 5.92 Å². The lowest BCUT2D eigenvalue weighted by Crippen LogP contribution is -2.34. The monoisotopic (exact) mass is 452 g/mol. The van der Waals surface area contributed by atoms with E-state index >= 15 is 0 Å². The smallest absolute Gasteiger partial charge is 0.313 e. The van der Waals surface area contributed by atoms with Gasteiger partial charge in [0.25, 0.3) is 0 Å². The zero-order chi connectivity index (χ0) is 20.4. The lowest BCUT2D eigenvalue weighted by Gasteiger charge is -2.33. The third-order valence-electron chi connectivity index (χ3n) is 5.88. The van der Waals surface area contributed by atoms with E-state index in [1.54, 1.807) is 6.07 Å². The highest BCUT2D eigenvalue weighted by Crippen LogP contribution is 2.44. The summed E-state index contributed by atoms with van der Waals surface area (Å²) >= 11 is 6.29. The normalized spacial score (nSPS) is 19.4. The number of aliphatic carboxylic acids is 1. The summed E-state index contributed by atoms with van der Waals surface area (Å²) < 4.78 is 0. The van der Waals surface area contributed by atoms with Gasteiger partial charge in [-0.1, -0.05) is 41.9 Å². The minimum absolute atomic E-state index is 0. The fraction of sp³-hybridized carbons (Fsp3) is 0.409. The standard InChI is InChI=1S/C22H25ClN2O4.ClH/c23-18-11-16(19-17(22(26)27)13-28-29-21(19)20(18)24)10-14-6-8-25(9-7-14)12-15-4-2-1-3-5-15;/h1-5,11,14,17H,6-10,12-13,24H2,(H,26,27);1H. The Bertz CT molecular complexity index is 886. The number of carboxylic acid groups (broad SMARTS) is 1. The van der Waals surface area contributed by atoms with Crippen molar-refractivity contribution in [1.29, 1.82) is 0 Å². The molecule has 0 radical (unpaired) electrons. The van der Waals surface area contributed by atoms with Crippen LogP contribution in [-0.2, 0) is 22.6 Å². The average Bonchev–Trinajstić information content (AvgIpc) is 2.73. The number of hydrogen-bond acceptors (Lipinski definition) is 5. The first-order valence-corrected chi connectivity index (χ1v) is 10.3. The number of fused-ring (bicyclic) bond motifs is 1. The molecule has 0 bridgehead atoms. The van der Waals surface area contributed by atoms with E-state index in [0.29, 0.717) is 16.5 Å². The maximum absolute atomic E-state index is 11.8. The van der Waals surface area contributed by atoms with Gasteiger partial charge >= 0.3 is 5.97 Å². The minimum Gasteiger partial charge on any atom is -0.481 e. The van der Waals surface area contributed by atoms with Crippen molar-refractivity contribution in [1.82, 2.24) is 4.90 Å². The number of hydrogen-bond donors (Lipinski definition) is 2. The maximum Gasteiger partial charge on any atom is 0.313 e. The summed E-state index contributed by atoms with van der Waals surface area (Å²) in [6.07, 6.45) is 2.87. The van der Waals surface area contributed by atoms with Gasteiger partial charge in [0.2, 0.25) is 0 Å². The third kappa shape index (κ3) is 4.83. The van der Waals surface area contributed by atoms with E-state index in [9.17, 15) is 9.90 Å². The fourth-order valence-electron chi connectivity index (χ4n) is 4.29. The first kappa shape index (κ1) is 22.7. The molecule has 0 aromatic heterocycles. The van der Waals surface area contributed by atoms with Gasteiger partial charge in [-0.3, -0.25) is 9.69 Å². The van der Waals surface area contributed by atoms with Gasteiger partial charge < -0.3 is 15.7 Å².